The minimum Gasteiger partial charge on any atom is -0.383 e. The standard InChI is InChI=1S/C9H15N3O/c1-6-4-8(7(2)12-11-6)9(10)5-13-3/h4,9H,5,10H2,1-3H3. The van der Waals surface area contributed by atoms with Gasteiger partial charge in [-0.1, -0.05) is 0 Å². The molecule has 0 saturated heterocycles. The molecule has 72 valence electrons. The number of rotatable bonds is 3. The van der Waals surface area contributed by atoms with Crippen LogP contribution in [-0.2, 0) is 4.74 Å². The summed E-state index contributed by atoms with van der Waals surface area (Å²) >= 11 is 0. The third kappa shape index (κ3) is 2.47. The lowest BCUT2D eigenvalue weighted by Gasteiger charge is -2.12. The number of nitrogens with two attached hydrogens (primary N) is 1. The van der Waals surface area contributed by atoms with Crippen LogP contribution in [0.15, 0.2) is 6.07 Å². The Hall–Kier alpha value is -1.00. The molecule has 1 rings (SSSR count). The molecule has 0 aliphatic rings. The molecule has 0 aliphatic heterocycles. The maximum absolute atomic E-state index is 5.88. The van der Waals surface area contributed by atoms with Crippen LogP contribution in [0.5, 0.6) is 0 Å². The summed E-state index contributed by atoms with van der Waals surface area (Å²) in [6, 6.07) is 1.84. The Labute approximate surface area is 78.1 Å². The average molecular weight is 181 g/mol. The highest BCUT2D eigenvalue weighted by Crippen LogP contribution is 2.13. The molecule has 0 bridgehead atoms. The normalized spacial score (nSPS) is 12.9. The molecule has 0 amide bonds. The Bertz CT molecular complexity index is 288. The molecule has 0 aromatic carbocycles. The van der Waals surface area contributed by atoms with Crippen LogP contribution in [0.2, 0.25) is 0 Å². The summed E-state index contributed by atoms with van der Waals surface area (Å²) in [5.41, 5.74) is 8.64. The van der Waals surface area contributed by atoms with E-state index in [2.05, 4.69) is 10.2 Å². The van der Waals surface area contributed by atoms with Gasteiger partial charge in [0.15, 0.2) is 0 Å². The maximum Gasteiger partial charge on any atom is 0.0656 e. The molecule has 1 aromatic rings. The second-order valence-electron chi connectivity index (χ2n) is 3.09. The molecule has 0 radical (unpaired) electrons. The van der Waals surface area contributed by atoms with Crippen molar-refractivity contribution in [3.8, 4) is 0 Å². The van der Waals surface area contributed by atoms with Gasteiger partial charge in [-0.2, -0.15) is 10.2 Å². The van der Waals surface area contributed by atoms with Gasteiger partial charge in [-0.15, -0.1) is 0 Å². The van der Waals surface area contributed by atoms with Crippen molar-refractivity contribution in [3.05, 3.63) is 23.0 Å². The summed E-state index contributed by atoms with van der Waals surface area (Å²) in [6.45, 7) is 4.30. The molecule has 0 spiro atoms. The van der Waals surface area contributed by atoms with E-state index in [1.165, 1.54) is 0 Å². The first-order valence-corrected chi connectivity index (χ1v) is 4.20. The summed E-state index contributed by atoms with van der Waals surface area (Å²) in [5.74, 6) is 0. The van der Waals surface area contributed by atoms with Gasteiger partial charge in [0.2, 0.25) is 0 Å². The van der Waals surface area contributed by atoms with Crippen LogP contribution in [0.25, 0.3) is 0 Å². The predicted molar refractivity (Wildman–Crippen MR) is 50.3 cm³/mol. The molecule has 1 atom stereocenters. The summed E-state index contributed by atoms with van der Waals surface area (Å²) in [4.78, 5) is 0. The lowest BCUT2D eigenvalue weighted by molar-refractivity contribution is 0.180. The van der Waals surface area contributed by atoms with Crippen molar-refractivity contribution in [2.75, 3.05) is 13.7 Å². The third-order valence-electron chi connectivity index (χ3n) is 1.89. The molecule has 1 aromatic heterocycles. The molecular weight excluding hydrogens is 166 g/mol. The Morgan fingerprint density at radius 1 is 1.46 bits per heavy atom. The Balaban J connectivity index is 2.91. The number of nitrogens with zero attached hydrogens (tertiary/aromatic N) is 2. The van der Waals surface area contributed by atoms with E-state index in [0.717, 1.165) is 17.0 Å². The second-order valence-corrected chi connectivity index (χ2v) is 3.09. The van der Waals surface area contributed by atoms with Crippen molar-refractivity contribution in [2.24, 2.45) is 5.73 Å². The zero-order valence-corrected chi connectivity index (χ0v) is 8.24. The van der Waals surface area contributed by atoms with Gasteiger partial charge in [0.05, 0.1) is 24.0 Å². The largest absolute Gasteiger partial charge is 0.383 e. The van der Waals surface area contributed by atoms with Crippen LogP contribution >= 0.6 is 0 Å². The molecule has 4 heteroatoms. The molecule has 1 unspecified atom stereocenters. The first-order valence-electron chi connectivity index (χ1n) is 4.20. The van der Waals surface area contributed by atoms with E-state index in [4.69, 9.17) is 10.5 Å². The quantitative estimate of drug-likeness (QED) is 0.747. The molecule has 13 heavy (non-hydrogen) atoms. The van der Waals surface area contributed by atoms with Crippen molar-refractivity contribution < 1.29 is 4.74 Å². The second kappa shape index (κ2) is 4.30. The molecule has 0 fully saturated rings. The van der Waals surface area contributed by atoms with Gasteiger partial charge in [-0.25, -0.2) is 0 Å². The van der Waals surface area contributed by atoms with Gasteiger partial charge in [-0.05, 0) is 25.5 Å². The first-order chi connectivity index (χ1) is 6.15. The smallest absolute Gasteiger partial charge is 0.0656 e. The number of aryl methyl sites for hydroxylation is 2. The van der Waals surface area contributed by atoms with E-state index < -0.39 is 0 Å². The number of hydrogen-bond acceptors (Lipinski definition) is 4. The van der Waals surface area contributed by atoms with E-state index in [-0.39, 0.29) is 6.04 Å². The van der Waals surface area contributed by atoms with Gasteiger partial charge in [0.25, 0.3) is 0 Å². The summed E-state index contributed by atoms with van der Waals surface area (Å²) in [7, 11) is 1.64. The maximum atomic E-state index is 5.88. The van der Waals surface area contributed by atoms with Crippen molar-refractivity contribution in [2.45, 2.75) is 19.9 Å². The Morgan fingerprint density at radius 2 is 2.15 bits per heavy atom. The average Bonchev–Trinajstić information content (AvgIpc) is 2.09. The number of hydrogen-bond donors (Lipinski definition) is 1. The van der Waals surface area contributed by atoms with E-state index in [9.17, 15) is 0 Å². The van der Waals surface area contributed by atoms with Gasteiger partial charge >= 0.3 is 0 Å². The number of methoxy groups -OCH3 is 1. The fourth-order valence-electron chi connectivity index (χ4n) is 1.21. The van der Waals surface area contributed by atoms with Gasteiger partial charge in [0.1, 0.15) is 0 Å². The molecular formula is C9H15N3O. The molecule has 0 saturated carbocycles. The van der Waals surface area contributed by atoms with Gasteiger partial charge < -0.3 is 10.5 Å². The predicted octanol–water partition coefficient (Wildman–Crippen LogP) is 0.740. The van der Waals surface area contributed by atoms with E-state index in [1.807, 2.05) is 19.9 Å². The van der Waals surface area contributed by atoms with Crippen molar-refractivity contribution in [3.63, 3.8) is 0 Å². The number of ether oxygens (including phenoxy) is 1. The topological polar surface area (TPSA) is 61.0 Å². The SMILES string of the molecule is COCC(N)c1cc(C)nnc1C. The van der Waals surface area contributed by atoms with E-state index in [1.54, 1.807) is 7.11 Å². The summed E-state index contributed by atoms with van der Waals surface area (Å²) in [5, 5.41) is 7.93. The highest BCUT2D eigenvalue weighted by molar-refractivity contribution is 5.23. The van der Waals surface area contributed by atoms with Crippen LogP contribution in [0.1, 0.15) is 23.0 Å². The molecule has 0 aliphatic carbocycles. The first kappa shape index (κ1) is 10.1. The summed E-state index contributed by atoms with van der Waals surface area (Å²) < 4.78 is 4.98. The van der Waals surface area contributed by atoms with Crippen LogP contribution in [0.3, 0.4) is 0 Å². The fraction of sp³-hybridized carbons (Fsp3) is 0.556. The van der Waals surface area contributed by atoms with Gasteiger partial charge in [-0.3, -0.25) is 0 Å². The highest BCUT2D eigenvalue weighted by Gasteiger charge is 2.09. The zero-order valence-electron chi connectivity index (χ0n) is 8.24. The van der Waals surface area contributed by atoms with E-state index in [0.29, 0.717) is 6.61 Å². The zero-order chi connectivity index (χ0) is 9.84. The third-order valence-corrected chi connectivity index (χ3v) is 1.89. The summed E-state index contributed by atoms with van der Waals surface area (Å²) in [6.07, 6.45) is 0. The molecule has 2 N–H and O–H groups in total. The van der Waals surface area contributed by atoms with Crippen molar-refractivity contribution >= 4 is 0 Å². The van der Waals surface area contributed by atoms with Crippen LogP contribution in [0, 0.1) is 13.8 Å². The Kier molecular flexibility index (Phi) is 3.33. The van der Waals surface area contributed by atoms with Crippen molar-refractivity contribution in [1.29, 1.82) is 0 Å². The molecule has 1 heterocycles. The van der Waals surface area contributed by atoms with Gasteiger partial charge in [0, 0.05) is 7.11 Å². The monoisotopic (exact) mass is 181 g/mol. The lowest BCUT2D eigenvalue weighted by atomic mass is 10.1. The van der Waals surface area contributed by atoms with Crippen LogP contribution < -0.4 is 5.73 Å². The number of aromatic nitrogens is 2. The van der Waals surface area contributed by atoms with E-state index >= 15 is 0 Å². The minimum atomic E-state index is -0.112. The van der Waals surface area contributed by atoms with Crippen molar-refractivity contribution in [1.82, 2.24) is 10.2 Å². The molecule has 4 nitrogen and oxygen atoms in total. The fourth-order valence-corrected chi connectivity index (χ4v) is 1.21. The minimum absolute atomic E-state index is 0.112. The lowest BCUT2D eigenvalue weighted by Crippen LogP contribution is -2.18. The van der Waals surface area contributed by atoms with Crippen LogP contribution in [0.4, 0.5) is 0 Å². The van der Waals surface area contributed by atoms with Crippen LogP contribution in [-0.4, -0.2) is 23.9 Å². The Morgan fingerprint density at radius 3 is 2.77 bits per heavy atom. The highest BCUT2D eigenvalue weighted by atomic mass is 16.5.